The highest BCUT2D eigenvalue weighted by Gasteiger charge is 2.28. The van der Waals surface area contributed by atoms with E-state index < -0.39 is 0 Å². The molecule has 1 aromatic carbocycles. The van der Waals surface area contributed by atoms with Gasteiger partial charge in [-0.15, -0.1) is 0 Å². The SMILES string of the molecule is CN(C)c1ncccc1OC1CCN(C(=O)CCc2ccccc2)C1. The predicted molar refractivity (Wildman–Crippen MR) is 98.9 cm³/mol. The Bertz CT molecular complexity index is 703. The van der Waals surface area contributed by atoms with E-state index in [9.17, 15) is 4.79 Å². The van der Waals surface area contributed by atoms with Crippen molar-refractivity contribution in [2.24, 2.45) is 0 Å². The van der Waals surface area contributed by atoms with E-state index in [1.165, 1.54) is 5.56 Å². The summed E-state index contributed by atoms with van der Waals surface area (Å²) in [6.07, 6.45) is 3.99. The van der Waals surface area contributed by atoms with Crippen LogP contribution in [0.15, 0.2) is 48.7 Å². The van der Waals surface area contributed by atoms with Crippen molar-refractivity contribution in [3.8, 4) is 5.75 Å². The maximum absolute atomic E-state index is 12.4. The number of rotatable bonds is 6. The minimum absolute atomic E-state index is 0.0311. The number of anilines is 1. The van der Waals surface area contributed by atoms with Crippen molar-refractivity contribution in [1.29, 1.82) is 0 Å². The molecule has 1 aliphatic rings. The van der Waals surface area contributed by atoms with Gasteiger partial charge in [-0.25, -0.2) is 4.98 Å². The zero-order valence-corrected chi connectivity index (χ0v) is 14.9. The van der Waals surface area contributed by atoms with Gasteiger partial charge in [0, 0.05) is 39.7 Å². The summed E-state index contributed by atoms with van der Waals surface area (Å²) in [6.45, 7) is 1.41. The molecule has 5 heteroatoms. The zero-order valence-electron chi connectivity index (χ0n) is 14.9. The number of hydrogen-bond acceptors (Lipinski definition) is 4. The Kier molecular flexibility index (Phi) is 5.53. The number of carbonyl (C=O) groups excluding carboxylic acids is 1. The van der Waals surface area contributed by atoms with E-state index in [4.69, 9.17) is 4.74 Å². The third kappa shape index (κ3) is 4.50. The number of aryl methyl sites for hydroxylation is 1. The summed E-state index contributed by atoms with van der Waals surface area (Å²) in [5, 5.41) is 0. The van der Waals surface area contributed by atoms with Gasteiger partial charge in [0.25, 0.3) is 0 Å². The first-order chi connectivity index (χ1) is 12.1. The number of nitrogens with zero attached hydrogens (tertiary/aromatic N) is 3. The van der Waals surface area contributed by atoms with Crippen molar-refractivity contribution in [3.63, 3.8) is 0 Å². The molecular formula is C20H25N3O2. The number of carbonyl (C=O) groups is 1. The van der Waals surface area contributed by atoms with E-state index in [1.807, 2.05) is 54.2 Å². The predicted octanol–water partition coefficient (Wildman–Crippen LogP) is 2.76. The average Bonchev–Trinajstić information content (AvgIpc) is 3.09. The van der Waals surface area contributed by atoms with Crippen LogP contribution in [0.3, 0.4) is 0 Å². The van der Waals surface area contributed by atoms with Gasteiger partial charge in [0.15, 0.2) is 11.6 Å². The fourth-order valence-electron chi connectivity index (χ4n) is 3.09. The van der Waals surface area contributed by atoms with Crippen LogP contribution in [0.2, 0.25) is 0 Å². The summed E-state index contributed by atoms with van der Waals surface area (Å²) in [6, 6.07) is 13.9. The Morgan fingerprint density at radius 3 is 2.80 bits per heavy atom. The number of hydrogen-bond donors (Lipinski definition) is 0. The lowest BCUT2D eigenvalue weighted by atomic mass is 10.1. The molecule has 0 saturated carbocycles. The minimum atomic E-state index is 0.0311. The summed E-state index contributed by atoms with van der Waals surface area (Å²) in [5.41, 5.74) is 1.20. The Balaban J connectivity index is 1.52. The van der Waals surface area contributed by atoms with E-state index in [1.54, 1.807) is 6.20 Å². The molecule has 25 heavy (non-hydrogen) atoms. The third-order valence-corrected chi connectivity index (χ3v) is 4.44. The van der Waals surface area contributed by atoms with Crippen LogP contribution >= 0.6 is 0 Å². The van der Waals surface area contributed by atoms with E-state index in [-0.39, 0.29) is 12.0 Å². The van der Waals surface area contributed by atoms with Crippen LogP contribution in [-0.4, -0.2) is 49.1 Å². The maximum Gasteiger partial charge on any atom is 0.223 e. The number of amides is 1. The molecular weight excluding hydrogens is 314 g/mol. The summed E-state index contributed by atoms with van der Waals surface area (Å²) >= 11 is 0. The van der Waals surface area contributed by atoms with Gasteiger partial charge < -0.3 is 14.5 Å². The van der Waals surface area contributed by atoms with Crippen LogP contribution < -0.4 is 9.64 Å². The fourth-order valence-corrected chi connectivity index (χ4v) is 3.09. The topological polar surface area (TPSA) is 45.7 Å². The van der Waals surface area contributed by atoms with Crippen LogP contribution in [0.5, 0.6) is 5.75 Å². The Morgan fingerprint density at radius 1 is 1.24 bits per heavy atom. The lowest BCUT2D eigenvalue weighted by molar-refractivity contribution is -0.130. The lowest BCUT2D eigenvalue weighted by Gasteiger charge is -2.20. The smallest absolute Gasteiger partial charge is 0.223 e. The van der Waals surface area contributed by atoms with E-state index in [0.29, 0.717) is 13.0 Å². The second kappa shape index (κ2) is 8.01. The third-order valence-electron chi connectivity index (χ3n) is 4.44. The van der Waals surface area contributed by atoms with Crippen molar-refractivity contribution in [3.05, 3.63) is 54.2 Å². The van der Waals surface area contributed by atoms with Crippen LogP contribution in [0, 0.1) is 0 Å². The number of pyridine rings is 1. The Hall–Kier alpha value is -2.56. The highest BCUT2D eigenvalue weighted by atomic mass is 16.5. The van der Waals surface area contributed by atoms with Gasteiger partial charge in [-0.1, -0.05) is 30.3 Å². The number of benzene rings is 1. The van der Waals surface area contributed by atoms with E-state index >= 15 is 0 Å². The second-order valence-electron chi connectivity index (χ2n) is 6.57. The first-order valence-electron chi connectivity index (χ1n) is 8.74. The zero-order chi connectivity index (χ0) is 17.6. The molecule has 1 aliphatic heterocycles. The van der Waals surface area contributed by atoms with Crippen LogP contribution in [0.25, 0.3) is 0 Å². The molecule has 2 heterocycles. The second-order valence-corrected chi connectivity index (χ2v) is 6.57. The van der Waals surface area contributed by atoms with Crippen molar-refractivity contribution in [2.45, 2.75) is 25.4 Å². The van der Waals surface area contributed by atoms with E-state index in [0.717, 1.165) is 31.0 Å². The Labute approximate surface area is 149 Å². The van der Waals surface area contributed by atoms with Gasteiger partial charge >= 0.3 is 0 Å². The van der Waals surface area contributed by atoms with Crippen molar-refractivity contribution in [2.75, 3.05) is 32.1 Å². The van der Waals surface area contributed by atoms with Crippen LogP contribution in [-0.2, 0) is 11.2 Å². The van der Waals surface area contributed by atoms with Gasteiger partial charge in [-0.2, -0.15) is 0 Å². The highest BCUT2D eigenvalue weighted by molar-refractivity contribution is 5.76. The van der Waals surface area contributed by atoms with E-state index in [2.05, 4.69) is 17.1 Å². The largest absolute Gasteiger partial charge is 0.485 e. The van der Waals surface area contributed by atoms with Gasteiger partial charge in [-0.3, -0.25) is 4.79 Å². The molecule has 2 aromatic rings. The molecule has 132 valence electrons. The molecule has 0 radical (unpaired) electrons. The summed E-state index contributed by atoms with van der Waals surface area (Å²) in [4.78, 5) is 20.7. The normalized spacial score (nSPS) is 16.7. The summed E-state index contributed by atoms with van der Waals surface area (Å²) in [5.74, 6) is 1.79. The minimum Gasteiger partial charge on any atom is -0.485 e. The van der Waals surface area contributed by atoms with Gasteiger partial charge in [0.1, 0.15) is 6.10 Å². The quantitative estimate of drug-likeness (QED) is 0.812. The maximum atomic E-state index is 12.4. The first-order valence-corrected chi connectivity index (χ1v) is 8.74. The lowest BCUT2D eigenvalue weighted by Crippen LogP contribution is -2.31. The molecule has 1 atom stereocenters. The summed E-state index contributed by atoms with van der Waals surface area (Å²) in [7, 11) is 3.90. The monoisotopic (exact) mass is 339 g/mol. The van der Waals surface area contributed by atoms with Gasteiger partial charge in [-0.05, 0) is 24.1 Å². The molecule has 1 unspecified atom stereocenters. The molecule has 0 bridgehead atoms. The molecule has 0 spiro atoms. The van der Waals surface area contributed by atoms with Gasteiger partial charge in [0.2, 0.25) is 5.91 Å². The Morgan fingerprint density at radius 2 is 2.04 bits per heavy atom. The average molecular weight is 339 g/mol. The molecule has 0 N–H and O–H groups in total. The molecule has 1 amide bonds. The van der Waals surface area contributed by atoms with Crippen molar-refractivity contribution in [1.82, 2.24) is 9.88 Å². The number of aromatic nitrogens is 1. The molecule has 1 aromatic heterocycles. The van der Waals surface area contributed by atoms with Crippen molar-refractivity contribution < 1.29 is 9.53 Å². The number of ether oxygens (including phenoxy) is 1. The van der Waals surface area contributed by atoms with Crippen LogP contribution in [0.4, 0.5) is 5.82 Å². The molecule has 3 rings (SSSR count). The number of likely N-dealkylation sites (tertiary alicyclic amines) is 1. The van der Waals surface area contributed by atoms with Crippen molar-refractivity contribution >= 4 is 11.7 Å². The fraction of sp³-hybridized carbons (Fsp3) is 0.400. The molecule has 5 nitrogen and oxygen atoms in total. The molecule has 1 fully saturated rings. The first kappa shape index (κ1) is 17.3. The highest BCUT2D eigenvalue weighted by Crippen LogP contribution is 2.26. The molecule has 1 saturated heterocycles. The standard InChI is InChI=1S/C20H25N3O2/c1-22(2)20-18(9-6-13-21-20)25-17-12-14-23(15-17)19(24)11-10-16-7-4-3-5-8-16/h3-9,13,17H,10-12,14-15H2,1-2H3. The van der Waals surface area contributed by atoms with Crippen LogP contribution in [0.1, 0.15) is 18.4 Å². The summed E-state index contributed by atoms with van der Waals surface area (Å²) < 4.78 is 6.11. The molecule has 0 aliphatic carbocycles. The van der Waals surface area contributed by atoms with Gasteiger partial charge in [0.05, 0.1) is 6.54 Å².